The first-order valence-corrected chi connectivity index (χ1v) is 11.1. The highest BCUT2D eigenvalue weighted by Crippen LogP contribution is 2.52. The standard InChI is InChI=1S/C25H26N2O5/c1-14(23(28)27-11-19-20(12-27)22(19)24(29)30)10-26-25(31)32-13-21-17-8-4-2-6-15(17)16-7-3-5-9-18(16)21/h2-9,14,19-22H,10-13H2,1H3,(H,26,31)(H,29,30). The largest absolute Gasteiger partial charge is 0.481 e. The Balaban J connectivity index is 1.12. The number of carboxylic acid groups (broad SMARTS) is 1. The molecule has 5 rings (SSSR count). The number of fused-ring (bicyclic) bond motifs is 4. The molecule has 1 saturated heterocycles. The third-order valence-corrected chi connectivity index (χ3v) is 7.11. The molecular weight excluding hydrogens is 408 g/mol. The van der Waals surface area contributed by atoms with E-state index in [1.165, 1.54) is 11.1 Å². The molecule has 2 aromatic carbocycles. The fraction of sp³-hybridized carbons (Fsp3) is 0.400. The van der Waals surface area contributed by atoms with Gasteiger partial charge in [-0.05, 0) is 34.1 Å². The Morgan fingerprint density at radius 1 is 1.03 bits per heavy atom. The van der Waals surface area contributed by atoms with E-state index in [1.807, 2.05) is 24.3 Å². The molecule has 7 nitrogen and oxygen atoms in total. The number of hydrogen-bond donors (Lipinski definition) is 2. The number of benzene rings is 2. The predicted molar refractivity (Wildman–Crippen MR) is 117 cm³/mol. The number of carbonyl (C=O) groups excluding carboxylic acids is 2. The highest BCUT2D eigenvalue weighted by atomic mass is 16.5. The second-order valence-corrected chi connectivity index (χ2v) is 9.04. The molecular formula is C25H26N2O5. The average molecular weight is 434 g/mol. The van der Waals surface area contributed by atoms with Crippen molar-refractivity contribution in [2.24, 2.45) is 23.7 Å². The first-order chi connectivity index (χ1) is 15.5. The van der Waals surface area contributed by atoms with Crippen LogP contribution in [0.4, 0.5) is 4.79 Å². The third kappa shape index (κ3) is 3.51. The molecule has 3 unspecified atom stereocenters. The van der Waals surface area contributed by atoms with Crippen LogP contribution in [0.25, 0.3) is 11.1 Å². The average Bonchev–Trinajstić information content (AvgIpc) is 3.15. The van der Waals surface area contributed by atoms with Crippen molar-refractivity contribution < 1.29 is 24.2 Å². The number of ether oxygens (including phenoxy) is 1. The number of amides is 2. The van der Waals surface area contributed by atoms with E-state index in [0.29, 0.717) is 13.1 Å². The van der Waals surface area contributed by atoms with Crippen LogP contribution >= 0.6 is 0 Å². The molecule has 0 aromatic heterocycles. The van der Waals surface area contributed by atoms with Crippen molar-refractivity contribution in [1.29, 1.82) is 0 Å². The monoisotopic (exact) mass is 434 g/mol. The molecule has 0 spiro atoms. The SMILES string of the molecule is CC(CNC(=O)OCC1c2ccccc2-c2ccccc21)C(=O)N1CC2C(C1)C2C(=O)O. The van der Waals surface area contributed by atoms with E-state index < -0.39 is 18.0 Å². The molecule has 1 saturated carbocycles. The van der Waals surface area contributed by atoms with Gasteiger partial charge in [-0.15, -0.1) is 0 Å². The second-order valence-electron chi connectivity index (χ2n) is 9.04. The zero-order valence-electron chi connectivity index (χ0n) is 17.9. The van der Waals surface area contributed by atoms with Crippen LogP contribution in [-0.2, 0) is 14.3 Å². The zero-order valence-corrected chi connectivity index (χ0v) is 17.9. The van der Waals surface area contributed by atoms with Crippen molar-refractivity contribution in [2.75, 3.05) is 26.2 Å². The van der Waals surface area contributed by atoms with Crippen LogP contribution < -0.4 is 5.32 Å². The highest BCUT2D eigenvalue weighted by molar-refractivity contribution is 5.82. The lowest BCUT2D eigenvalue weighted by molar-refractivity contribution is -0.141. The van der Waals surface area contributed by atoms with Gasteiger partial charge in [0.05, 0.1) is 11.8 Å². The maximum Gasteiger partial charge on any atom is 0.407 e. The molecule has 2 fully saturated rings. The Morgan fingerprint density at radius 2 is 1.59 bits per heavy atom. The normalized spacial score (nSPS) is 23.7. The molecule has 166 valence electrons. The van der Waals surface area contributed by atoms with Gasteiger partial charge in [0.15, 0.2) is 0 Å². The first kappa shape index (κ1) is 20.5. The Bertz CT molecular complexity index is 1030. The van der Waals surface area contributed by atoms with E-state index in [9.17, 15) is 14.4 Å². The number of nitrogens with one attached hydrogen (secondary N) is 1. The fourth-order valence-corrected chi connectivity index (χ4v) is 5.36. The minimum Gasteiger partial charge on any atom is -0.481 e. The van der Waals surface area contributed by atoms with Crippen LogP contribution in [0, 0.1) is 23.7 Å². The van der Waals surface area contributed by atoms with Crippen LogP contribution in [0.15, 0.2) is 48.5 Å². The number of carboxylic acids is 1. The summed E-state index contributed by atoms with van der Waals surface area (Å²) >= 11 is 0. The lowest BCUT2D eigenvalue weighted by atomic mass is 9.98. The number of alkyl carbamates (subject to hydrolysis) is 1. The molecule has 3 aliphatic rings. The Morgan fingerprint density at radius 3 is 2.16 bits per heavy atom. The van der Waals surface area contributed by atoms with Crippen molar-refractivity contribution >= 4 is 18.0 Å². The van der Waals surface area contributed by atoms with Gasteiger partial charge in [0.25, 0.3) is 0 Å². The number of carbonyl (C=O) groups is 3. The van der Waals surface area contributed by atoms with Gasteiger partial charge in [0, 0.05) is 25.6 Å². The number of likely N-dealkylation sites (tertiary alicyclic amines) is 1. The van der Waals surface area contributed by atoms with Gasteiger partial charge in [-0.2, -0.15) is 0 Å². The Kier molecular flexibility index (Phi) is 5.12. The maximum atomic E-state index is 12.6. The van der Waals surface area contributed by atoms with Gasteiger partial charge in [0.1, 0.15) is 6.61 Å². The lowest BCUT2D eigenvalue weighted by Gasteiger charge is -2.23. The molecule has 3 atom stereocenters. The van der Waals surface area contributed by atoms with Crippen molar-refractivity contribution in [3.63, 3.8) is 0 Å². The second kappa shape index (κ2) is 7.97. The number of hydrogen-bond acceptors (Lipinski definition) is 4. The van der Waals surface area contributed by atoms with Crippen molar-refractivity contribution in [3.05, 3.63) is 59.7 Å². The Hall–Kier alpha value is -3.35. The molecule has 0 radical (unpaired) electrons. The molecule has 1 heterocycles. The maximum absolute atomic E-state index is 12.6. The van der Waals surface area contributed by atoms with Crippen LogP contribution in [0.5, 0.6) is 0 Å². The van der Waals surface area contributed by atoms with Crippen molar-refractivity contribution in [1.82, 2.24) is 10.2 Å². The molecule has 1 aliphatic heterocycles. The highest BCUT2D eigenvalue weighted by Gasteiger charge is 2.60. The van der Waals surface area contributed by atoms with Crippen LogP contribution in [0.1, 0.15) is 24.0 Å². The summed E-state index contributed by atoms with van der Waals surface area (Å²) in [6.45, 7) is 3.17. The number of aliphatic carboxylic acids is 1. The molecule has 7 heteroatoms. The minimum absolute atomic E-state index is 0.00860. The van der Waals surface area contributed by atoms with Gasteiger partial charge in [-0.25, -0.2) is 4.79 Å². The van der Waals surface area contributed by atoms with Gasteiger partial charge in [-0.1, -0.05) is 55.5 Å². The summed E-state index contributed by atoms with van der Waals surface area (Å²) in [6.07, 6.45) is -0.540. The number of nitrogens with zero attached hydrogens (tertiary/aromatic N) is 1. The van der Waals surface area contributed by atoms with E-state index in [0.717, 1.165) is 11.1 Å². The Labute approximate surface area is 186 Å². The van der Waals surface area contributed by atoms with Gasteiger partial charge < -0.3 is 20.1 Å². The molecule has 2 aliphatic carbocycles. The van der Waals surface area contributed by atoms with Gasteiger partial charge >= 0.3 is 12.1 Å². The topological polar surface area (TPSA) is 95.9 Å². The predicted octanol–water partition coefficient (Wildman–Crippen LogP) is 2.95. The van der Waals surface area contributed by atoms with Crippen LogP contribution in [0.3, 0.4) is 0 Å². The van der Waals surface area contributed by atoms with Crippen molar-refractivity contribution in [3.8, 4) is 11.1 Å². The third-order valence-electron chi connectivity index (χ3n) is 7.11. The number of rotatable bonds is 6. The van der Waals surface area contributed by atoms with E-state index in [2.05, 4.69) is 29.6 Å². The quantitative estimate of drug-likeness (QED) is 0.729. The first-order valence-electron chi connectivity index (χ1n) is 11.1. The van der Waals surface area contributed by atoms with Crippen molar-refractivity contribution in [2.45, 2.75) is 12.8 Å². The minimum atomic E-state index is -0.767. The summed E-state index contributed by atoms with van der Waals surface area (Å²) in [5, 5.41) is 11.8. The van der Waals surface area contributed by atoms with E-state index >= 15 is 0 Å². The summed E-state index contributed by atoms with van der Waals surface area (Å²) in [6, 6.07) is 16.3. The molecule has 2 aromatic rings. The van der Waals surface area contributed by atoms with Crippen LogP contribution in [0.2, 0.25) is 0 Å². The smallest absolute Gasteiger partial charge is 0.407 e. The molecule has 32 heavy (non-hydrogen) atoms. The van der Waals surface area contributed by atoms with E-state index in [4.69, 9.17) is 9.84 Å². The van der Waals surface area contributed by atoms with Gasteiger partial charge in [0.2, 0.25) is 5.91 Å². The molecule has 2 amide bonds. The summed E-state index contributed by atoms with van der Waals surface area (Å²) in [5.41, 5.74) is 4.64. The number of piperidine rings is 1. The van der Waals surface area contributed by atoms with E-state index in [1.54, 1.807) is 11.8 Å². The lowest BCUT2D eigenvalue weighted by Crippen LogP contribution is -2.41. The molecule has 2 N–H and O–H groups in total. The summed E-state index contributed by atoms with van der Waals surface area (Å²) in [5.74, 6) is -1.36. The van der Waals surface area contributed by atoms with Crippen LogP contribution in [-0.4, -0.2) is 54.2 Å². The zero-order chi connectivity index (χ0) is 22.4. The molecule has 0 bridgehead atoms. The fourth-order valence-electron chi connectivity index (χ4n) is 5.36. The summed E-state index contributed by atoms with van der Waals surface area (Å²) in [7, 11) is 0. The van der Waals surface area contributed by atoms with Gasteiger partial charge in [-0.3, -0.25) is 9.59 Å². The summed E-state index contributed by atoms with van der Waals surface area (Å²) in [4.78, 5) is 37.8. The van der Waals surface area contributed by atoms with E-state index in [-0.39, 0.29) is 42.7 Å². The summed E-state index contributed by atoms with van der Waals surface area (Å²) < 4.78 is 5.52.